The highest BCUT2D eigenvalue weighted by atomic mass is 19.4. The Morgan fingerprint density at radius 2 is 1.73 bits per heavy atom. The number of amides is 1. The highest BCUT2D eigenvalue weighted by molar-refractivity contribution is 5.97. The van der Waals surface area contributed by atoms with E-state index in [0.29, 0.717) is 0 Å². The van der Waals surface area contributed by atoms with Gasteiger partial charge in [-0.15, -0.1) is 0 Å². The monoisotopic (exact) mass is 234 g/mol. The van der Waals surface area contributed by atoms with Crippen molar-refractivity contribution in [2.75, 3.05) is 0 Å². The van der Waals surface area contributed by atoms with E-state index in [0.717, 1.165) is 0 Å². The van der Waals surface area contributed by atoms with Crippen molar-refractivity contribution in [2.24, 2.45) is 11.0 Å². The summed E-state index contributed by atoms with van der Waals surface area (Å²) in [4.78, 5) is 10.6. The van der Waals surface area contributed by atoms with Gasteiger partial charge in [0.15, 0.2) is 0 Å². The van der Waals surface area contributed by atoms with E-state index in [4.69, 9.17) is 0 Å². The lowest BCUT2D eigenvalue weighted by molar-refractivity contribution is -0.183. The van der Waals surface area contributed by atoms with Crippen LogP contribution in [0.15, 0.2) is 5.10 Å². The number of rotatable bonds is 0. The molecule has 0 fully saturated rings. The second-order valence-electron chi connectivity index (χ2n) is 2.83. The molecule has 1 aliphatic heterocycles. The third kappa shape index (κ3) is 2.60. The second-order valence-corrected chi connectivity index (χ2v) is 2.83. The molecule has 0 aromatic heterocycles. The SMILES string of the molecule is O=C1NN=C(C(F)(F)F)CC1C(F)(F)F. The first kappa shape index (κ1) is 11.8. The van der Waals surface area contributed by atoms with Gasteiger partial charge >= 0.3 is 12.4 Å². The Kier molecular flexibility index (Phi) is 2.66. The van der Waals surface area contributed by atoms with Crippen LogP contribution in [0.5, 0.6) is 0 Å². The van der Waals surface area contributed by atoms with E-state index in [2.05, 4.69) is 5.10 Å². The van der Waals surface area contributed by atoms with Crippen LogP contribution < -0.4 is 5.43 Å². The van der Waals surface area contributed by atoms with Crippen LogP contribution in [0.4, 0.5) is 26.3 Å². The summed E-state index contributed by atoms with van der Waals surface area (Å²) in [5.41, 5.74) is -0.430. The Morgan fingerprint density at radius 3 is 2.13 bits per heavy atom. The number of alkyl halides is 6. The third-order valence-corrected chi connectivity index (χ3v) is 1.74. The van der Waals surface area contributed by atoms with Crippen molar-refractivity contribution >= 4 is 11.6 Å². The number of nitrogens with one attached hydrogen (secondary N) is 1. The number of hydrogen-bond donors (Lipinski definition) is 1. The molecule has 0 saturated carbocycles. The quantitative estimate of drug-likeness (QED) is 0.635. The maximum absolute atomic E-state index is 12.1. The average molecular weight is 234 g/mol. The zero-order chi connectivity index (χ0) is 11.9. The summed E-state index contributed by atoms with van der Waals surface area (Å²) in [5.74, 6) is -4.26. The first-order valence-corrected chi connectivity index (χ1v) is 3.62. The maximum atomic E-state index is 12.1. The van der Waals surface area contributed by atoms with Gasteiger partial charge in [-0.05, 0) is 0 Å². The van der Waals surface area contributed by atoms with Gasteiger partial charge in [-0.2, -0.15) is 31.4 Å². The smallest absolute Gasteiger partial charge is 0.272 e. The number of hydrogen-bond acceptors (Lipinski definition) is 2. The van der Waals surface area contributed by atoms with Crippen LogP contribution in [0.3, 0.4) is 0 Å². The Hall–Kier alpha value is -1.28. The van der Waals surface area contributed by atoms with Gasteiger partial charge in [0.25, 0.3) is 5.91 Å². The summed E-state index contributed by atoms with van der Waals surface area (Å²) in [7, 11) is 0. The van der Waals surface area contributed by atoms with Gasteiger partial charge in [0.2, 0.25) is 0 Å². The van der Waals surface area contributed by atoms with Crippen LogP contribution >= 0.6 is 0 Å². The van der Waals surface area contributed by atoms with Crippen molar-refractivity contribution in [3.05, 3.63) is 0 Å². The number of nitrogens with zero attached hydrogens (tertiary/aromatic N) is 1. The first-order chi connectivity index (χ1) is 6.62. The molecule has 1 heterocycles. The summed E-state index contributed by atoms with van der Waals surface area (Å²) in [6, 6.07) is 0. The molecule has 3 nitrogen and oxygen atoms in total. The molecule has 0 aromatic carbocycles. The largest absolute Gasteiger partial charge is 0.431 e. The Labute approximate surface area is 79.1 Å². The van der Waals surface area contributed by atoms with Crippen molar-refractivity contribution in [3.63, 3.8) is 0 Å². The van der Waals surface area contributed by atoms with Crippen molar-refractivity contribution in [2.45, 2.75) is 18.8 Å². The van der Waals surface area contributed by atoms with Gasteiger partial charge in [0, 0.05) is 6.42 Å². The van der Waals surface area contributed by atoms with Crippen LogP contribution in [0.25, 0.3) is 0 Å². The molecule has 0 saturated heterocycles. The molecule has 1 rings (SSSR count). The first-order valence-electron chi connectivity index (χ1n) is 3.62. The molecule has 86 valence electrons. The zero-order valence-electron chi connectivity index (χ0n) is 6.91. The molecule has 1 amide bonds. The average Bonchev–Trinajstić information content (AvgIpc) is 2.00. The normalized spacial score (nSPS) is 23.5. The summed E-state index contributed by atoms with van der Waals surface area (Å²) >= 11 is 0. The fraction of sp³-hybridized carbons (Fsp3) is 0.667. The fourth-order valence-corrected chi connectivity index (χ4v) is 0.976. The van der Waals surface area contributed by atoms with Gasteiger partial charge in [0.05, 0.1) is 0 Å². The number of halogens is 6. The molecule has 15 heavy (non-hydrogen) atoms. The Morgan fingerprint density at radius 1 is 1.20 bits per heavy atom. The van der Waals surface area contributed by atoms with Gasteiger partial charge < -0.3 is 0 Å². The van der Waals surface area contributed by atoms with Crippen molar-refractivity contribution in [1.29, 1.82) is 0 Å². The van der Waals surface area contributed by atoms with Gasteiger partial charge in [-0.25, -0.2) is 5.43 Å². The maximum Gasteiger partial charge on any atom is 0.431 e. The Bertz CT molecular complexity index is 304. The van der Waals surface area contributed by atoms with E-state index >= 15 is 0 Å². The molecule has 1 N–H and O–H groups in total. The predicted octanol–water partition coefficient (Wildman–Crippen LogP) is 1.60. The van der Waals surface area contributed by atoms with E-state index in [1.807, 2.05) is 0 Å². The molecular formula is C6H4F6N2O. The summed E-state index contributed by atoms with van der Waals surface area (Å²) < 4.78 is 72.2. The molecular weight excluding hydrogens is 230 g/mol. The number of carbonyl (C=O) groups is 1. The molecule has 0 aliphatic carbocycles. The summed E-state index contributed by atoms with van der Waals surface area (Å²) in [6.07, 6.45) is -11.4. The minimum absolute atomic E-state index is 1.20. The fourth-order valence-electron chi connectivity index (χ4n) is 0.976. The highest BCUT2D eigenvalue weighted by Gasteiger charge is 2.51. The van der Waals surface area contributed by atoms with Crippen LogP contribution in [0.2, 0.25) is 0 Å². The van der Waals surface area contributed by atoms with E-state index in [-0.39, 0.29) is 0 Å². The minimum Gasteiger partial charge on any atom is -0.272 e. The zero-order valence-corrected chi connectivity index (χ0v) is 6.91. The Balaban J connectivity index is 2.91. The number of hydrazone groups is 1. The van der Waals surface area contributed by atoms with Crippen LogP contribution in [0.1, 0.15) is 6.42 Å². The van der Waals surface area contributed by atoms with E-state index in [9.17, 15) is 31.1 Å². The van der Waals surface area contributed by atoms with E-state index in [1.165, 1.54) is 5.43 Å². The van der Waals surface area contributed by atoms with Gasteiger partial charge in [0.1, 0.15) is 11.6 Å². The van der Waals surface area contributed by atoms with Gasteiger partial charge in [-0.1, -0.05) is 0 Å². The lowest BCUT2D eigenvalue weighted by Crippen LogP contribution is -2.45. The second kappa shape index (κ2) is 3.38. The molecule has 1 unspecified atom stereocenters. The van der Waals surface area contributed by atoms with E-state index in [1.54, 1.807) is 0 Å². The van der Waals surface area contributed by atoms with Crippen molar-refractivity contribution in [3.8, 4) is 0 Å². The molecule has 1 aliphatic rings. The lowest BCUT2D eigenvalue weighted by Gasteiger charge is -2.24. The predicted molar refractivity (Wildman–Crippen MR) is 35.8 cm³/mol. The molecule has 0 bridgehead atoms. The third-order valence-electron chi connectivity index (χ3n) is 1.74. The van der Waals surface area contributed by atoms with Crippen LogP contribution in [-0.4, -0.2) is 24.0 Å². The molecule has 1 atom stereocenters. The molecule has 0 spiro atoms. The van der Waals surface area contributed by atoms with Crippen molar-refractivity contribution in [1.82, 2.24) is 5.43 Å². The molecule has 0 aromatic rings. The van der Waals surface area contributed by atoms with Crippen LogP contribution in [0, 0.1) is 5.92 Å². The molecule has 9 heteroatoms. The standard InChI is InChI=1S/C6H4F6N2O/c7-5(8,9)2-1-3(6(10,11)12)13-14-4(2)15/h2H,1H2,(H,14,15). The minimum atomic E-state index is -5.00. The van der Waals surface area contributed by atoms with E-state index < -0.39 is 36.3 Å². The lowest BCUT2D eigenvalue weighted by atomic mass is 9.99. The summed E-state index contributed by atoms with van der Waals surface area (Å²) in [5, 5.41) is 2.54. The topological polar surface area (TPSA) is 41.5 Å². The van der Waals surface area contributed by atoms with Crippen LogP contribution in [-0.2, 0) is 4.79 Å². The highest BCUT2D eigenvalue weighted by Crippen LogP contribution is 2.34. The molecule has 0 radical (unpaired) electrons. The van der Waals surface area contributed by atoms with Gasteiger partial charge in [-0.3, -0.25) is 4.79 Å². The number of carbonyl (C=O) groups excluding carboxylic acids is 1. The van der Waals surface area contributed by atoms with Crippen molar-refractivity contribution < 1.29 is 31.1 Å². The summed E-state index contributed by atoms with van der Waals surface area (Å²) in [6.45, 7) is 0.